The van der Waals surface area contributed by atoms with Gasteiger partial charge in [-0.1, -0.05) is 13.8 Å². The lowest BCUT2D eigenvalue weighted by Crippen LogP contribution is -2.06. The zero-order valence-electron chi connectivity index (χ0n) is 11.4. The Morgan fingerprint density at radius 2 is 2.11 bits per heavy atom. The molecule has 0 aliphatic carbocycles. The first-order valence-corrected chi connectivity index (χ1v) is 7.25. The van der Waals surface area contributed by atoms with E-state index < -0.39 is 5.97 Å². The molecule has 19 heavy (non-hydrogen) atoms. The molecule has 0 amide bonds. The van der Waals surface area contributed by atoms with Gasteiger partial charge in [-0.25, -0.2) is 4.79 Å². The number of carboxylic acids is 1. The van der Waals surface area contributed by atoms with Crippen molar-refractivity contribution in [2.45, 2.75) is 40.2 Å². The highest BCUT2D eigenvalue weighted by Crippen LogP contribution is 2.23. The summed E-state index contributed by atoms with van der Waals surface area (Å²) in [6.07, 6.45) is 1.85. The van der Waals surface area contributed by atoms with E-state index in [9.17, 15) is 4.79 Å². The minimum atomic E-state index is -0.857. The van der Waals surface area contributed by atoms with Crippen LogP contribution in [0.1, 0.15) is 45.3 Å². The van der Waals surface area contributed by atoms with E-state index in [1.165, 1.54) is 17.0 Å². The molecular formula is C14H18N2O2S. The lowest BCUT2D eigenvalue weighted by Gasteiger charge is -2.05. The zero-order valence-corrected chi connectivity index (χ0v) is 12.3. The summed E-state index contributed by atoms with van der Waals surface area (Å²) in [5.74, 6) is -0.857. The molecule has 0 spiro atoms. The molecule has 0 saturated heterocycles. The van der Waals surface area contributed by atoms with Crippen LogP contribution in [0.5, 0.6) is 0 Å². The van der Waals surface area contributed by atoms with Crippen LogP contribution in [0.25, 0.3) is 0 Å². The molecular weight excluding hydrogens is 260 g/mol. The first kappa shape index (κ1) is 13.8. The first-order chi connectivity index (χ1) is 9.05. The van der Waals surface area contributed by atoms with Crippen LogP contribution in [0.15, 0.2) is 12.1 Å². The van der Waals surface area contributed by atoms with Crippen LogP contribution in [0.2, 0.25) is 0 Å². The maximum absolute atomic E-state index is 11.0. The molecule has 2 heterocycles. The summed E-state index contributed by atoms with van der Waals surface area (Å²) < 4.78 is 1.99. The van der Waals surface area contributed by atoms with E-state index in [1.54, 1.807) is 6.07 Å². The van der Waals surface area contributed by atoms with Gasteiger partial charge in [-0.2, -0.15) is 5.10 Å². The highest BCUT2D eigenvalue weighted by atomic mass is 32.1. The maximum atomic E-state index is 11.0. The highest BCUT2D eigenvalue weighted by Gasteiger charge is 2.13. The summed E-state index contributed by atoms with van der Waals surface area (Å²) in [4.78, 5) is 12.4. The zero-order chi connectivity index (χ0) is 14.0. The van der Waals surface area contributed by atoms with Gasteiger partial charge in [-0.3, -0.25) is 4.68 Å². The Morgan fingerprint density at radius 1 is 1.37 bits per heavy atom. The van der Waals surface area contributed by atoms with Crippen LogP contribution >= 0.6 is 11.3 Å². The van der Waals surface area contributed by atoms with Gasteiger partial charge in [0.1, 0.15) is 4.88 Å². The van der Waals surface area contributed by atoms with Crippen molar-refractivity contribution >= 4 is 17.3 Å². The molecule has 2 aromatic heterocycles. The summed E-state index contributed by atoms with van der Waals surface area (Å²) in [7, 11) is 0. The van der Waals surface area contributed by atoms with Crippen molar-refractivity contribution in [1.82, 2.24) is 9.78 Å². The molecule has 0 aliphatic rings. The van der Waals surface area contributed by atoms with Crippen LogP contribution in [0.4, 0.5) is 0 Å². The number of aromatic carboxylic acids is 1. The second-order valence-electron chi connectivity index (χ2n) is 4.49. The van der Waals surface area contributed by atoms with E-state index in [2.05, 4.69) is 25.0 Å². The van der Waals surface area contributed by atoms with Crippen LogP contribution in [0, 0.1) is 6.92 Å². The molecule has 1 N–H and O–H groups in total. The number of carboxylic acid groups (broad SMARTS) is 1. The average Bonchev–Trinajstić information content (AvgIpc) is 2.94. The molecule has 0 radical (unpaired) electrons. The molecule has 2 rings (SSSR count). The van der Waals surface area contributed by atoms with Crippen molar-refractivity contribution in [3.63, 3.8) is 0 Å². The monoisotopic (exact) mass is 278 g/mol. The standard InChI is InChI=1S/C14H18N2O2S/c1-4-11-7-12(5-2)16(15-11)8-10-6-13(14(17)18)19-9(10)3/h6-7H,4-5,8H2,1-3H3,(H,17,18). The van der Waals surface area contributed by atoms with E-state index >= 15 is 0 Å². The number of aryl methyl sites for hydroxylation is 3. The Kier molecular flexibility index (Phi) is 4.04. The molecule has 0 saturated carbocycles. The number of carbonyl (C=O) groups is 1. The highest BCUT2D eigenvalue weighted by molar-refractivity contribution is 7.14. The summed E-state index contributed by atoms with van der Waals surface area (Å²) in [5, 5.41) is 13.6. The number of hydrogen-bond donors (Lipinski definition) is 1. The minimum absolute atomic E-state index is 0.397. The molecule has 0 aliphatic heterocycles. The Morgan fingerprint density at radius 3 is 2.63 bits per heavy atom. The van der Waals surface area contributed by atoms with E-state index in [-0.39, 0.29) is 0 Å². The van der Waals surface area contributed by atoms with Crippen LogP contribution < -0.4 is 0 Å². The van der Waals surface area contributed by atoms with Gasteiger partial charge in [0.25, 0.3) is 0 Å². The Hall–Kier alpha value is -1.62. The SMILES string of the molecule is CCc1cc(CC)n(Cc2cc(C(=O)O)sc2C)n1. The molecule has 4 nitrogen and oxygen atoms in total. The Labute approximate surface area is 116 Å². The second kappa shape index (κ2) is 5.57. The van der Waals surface area contributed by atoms with Gasteiger partial charge >= 0.3 is 5.97 Å². The van der Waals surface area contributed by atoms with Gasteiger partial charge in [0.2, 0.25) is 0 Å². The molecule has 2 aromatic rings. The van der Waals surface area contributed by atoms with Gasteiger partial charge in [0.15, 0.2) is 0 Å². The lowest BCUT2D eigenvalue weighted by molar-refractivity contribution is 0.0702. The summed E-state index contributed by atoms with van der Waals surface area (Å²) in [5.41, 5.74) is 3.32. The van der Waals surface area contributed by atoms with Crippen molar-refractivity contribution in [2.75, 3.05) is 0 Å². The fourth-order valence-electron chi connectivity index (χ4n) is 2.05. The van der Waals surface area contributed by atoms with Crippen LogP contribution in [-0.2, 0) is 19.4 Å². The largest absolute Gasteiger partial charge is 0.477 e. The van der Waals surface area contributed by atoms with Crippen molar-refractivity contribution in [3.05, 3.63) is 38.8 Å². The topological polar surface area (TPSA) is 55.1 Å². The molecule has 0 bridgehead atoms. The van der Waals surface area contributed by atoms with Gasteiger partial charge in [0, 0.05) is 10.6 Å². The lowest BCUT2D eigenvalue weighted by atomic mass is 10.2. The quantitative estimate of drug-likeness (QED) is 0.914. The third-order valence-electron chi connectivity index (χ3n) is 3.19. The third-order valence-corrected chi connectivity index (χ3v) is 4.27. The van der Waals surface area contributed by atoms with E-state index in [1.807, 2.05) is 11.6 Å². The normalized spacial score (nSPS) is 10.9. The summed E-state index contributed by atoms with van der Waals surface area (Å²) in [6.45, 7) is 6.81. The van der Waals surface area contributed by atoms with Crippen LogP contribution in [-0.4, -0.2) is 20.9 Å². The number of rotatable bonds is 5. The van der Waals surface area contributed by atoms with Gasteiger partial charge in [-0.05, 0) is 37.5 Å². The predicted octanol–water partition coefficient (Wildman–Crippen LogP) is 3.12. The Bertz CT molecular complexity index is 599. The molecule has 0 atom stereocenters. The van der Waals surface area contributed by atoms with Crippen molar-refractivity contribution < 1.29 is 9.90 Å². The van der Waals surface area contributed by atoms with Crippen molar-refractivity contribution in [2.24, 2.45) is 0 Å². The molecule has 0 unspecified atom stereocenters. The number of aromatic nitrogens is 2. The molecule has 0 fully saturated rings. The van der Waals surface area contributed by atoms with Crippen molar-refractivity contribution in [1.29, 1.82) is 0 Å². The van der Waals surface area contributed by atoms with Gasteiger partial charge in [-0.15, -0.1) is 11.3 Å². The average molecular weight is 278 g/mol. The molecule has 5 heteroatoms. The first-order valence-electron chi connectivity index (χ1n) is 6.43. The number of thiophene rings is 1. The van der Waals surface area contributed by atoms with E-state index in [0.29, 0.717) is 11.4 Å². The van der Waals surface area contributed by atoms with E-state index in [4.69, 9.17) is 5.11 Å². The number of hydrogen-bond acceptors (Lipinski definition) is 3. The van der Waals surface area contributed by atoms with E-state index in [0.717, 1.165) is 29.0 Å². The van der Waals surface area contributed by atoms with Crippen LogP contribution in [0.3, 0.4) is 0 Å². The second-order valence-corrected chi connectivity index (χ2v) is 5.75. The van der Waals surface area contributed by atoms with Gasteiger partial charge < -0.3 is 5.11 Å². The molecule has 0 aromatic carbocycles. The predicted molar refractivity (Wildman–Crippen MR) is 76.1 cm³/mol. The fraction of sp³-hybridized carbons (Fsp3) is 0.429. The minimum Gasteiger partial charge on any atom is -0.477 e. The number of nitrogens with zero attached hydrogens (tertiary/aromatic N) is 2. The summed E-state index contributed by atoms with van der Waals surface area (Å²) in [6, 6.07) is 3.88. The fourth-order valence-corrected chi connectivity index (χ4v) is 2.93. The molecule has 102 valence electrons. The smallest absolute Gasteiger partial charge is 0.345 e. The Balaban J connectivity index is 2.30. The van der Waals surface area contributed by atoms with Gasteiger partial charge in [0.05, 0.1) is 12.2 Å². The maximum Gasteiger partial charge on any atom is 0.345 e. The third kappa shape index (κ3) is 2.87. The summed E-state index contributed by atoms with van der Waals surface area (Å²) >= 11 is 1.33. The van der Waals surface area contributed by atoms with Crippen molar-refractivity contribution in [3.8, 4) is 0 Å².